The molecule has 21 heavy (non-hydrogen) atoms. The first kappa shape index (κ1) is 14.5. The Hall–Kier alpha value is -1.42. The van der Waals surface area contributed by atoms with Gasteiger partial charge >= 0.3 is 0 Å². The average molecular weight is 287 g/mol. The van der Waals surface area contributed by atoms with E-state index in [1.165, 1.54) is 5.56 Å². The SMILES string of the molecule is CC[C@@H]1CN(C(=O)C2CC2)CC[C@@H]1NCc1cccnc1. The molecule has 1 saturated carbocycles. The minimum absolute atomic E-state index is 0.349. The molecule has 2 aliphatic rings. The van der Waals surface area contributed by atoms with Crippen LogP contribution in [0.25, 0.3) is 0 Å². The largest absolute Gasteiger partial charge is 0.342 e. The zero-order valence-corrected chi connectivity index (χ0v) is 12.8. The minimum atomic E-state index is 0.349. The number of rotatable bonds is 5. The number of amides is 1. The Morgan fingerprint density at radius 3 is 2.95 bits per heavy atom. The van der Waals surface area contributed by atoms with Gasteiger partial charge in [0.25, 0.3) is 0 Å². The minimum Gasteiger partial charge on any atom is -0.342 e. The number of carbonyl (C=O) groups excluding carboxylic acids is 1. The van der Waals surface area contributed by atoms with Crippen LogP contribution in [0.15, 0.2) is 24.5 Å². The summed E-state index contributed by atoms with van der Waals surface area (Å²) in [5.41, 5.74) is 1.23. The molecule has 0 aromatic carbocycles. The third-order valence-electron chi connectivity index (χ3n) is 4.79. The summed E-state index contributed by atoms with van der Waals surface area (Å²) in [5.74, 6) is 1.32. The molecule has 1 aliphatic heterocycles. The summed E-state index contributed by atoms with van der Waals surface area (Å²) < 4.78 is 0. The second-order valence-electron chi connectivity index (χ2n) is 6.36. The van der Waals surface area contributed by atoms with Crippen molar-refractivity contribution >= 4 is 5.91 Å². The van der Waals surface area contributed by atoms with Gasteiger partial charge in [0, 0.05) is 44.0 Å². The number of carbonyl (C=O) groups is 1. The van der Waals surface area contributed by atoms with Crippen LogP contribution in [-0.2, 0) is 11.3 Å². The van der Waals surface area contributed by atoms with Crippen LogP contribution in [0.1, 0.15) is 38.2 Å². The fraction of sp³-hybridized carbons (Fsp3) is 0.647. The Morgan fingerprint density at radius 1 is 1.43 bits per heavy atom. The molecule has 1 aromatic rings. The average Bonchev–Trinajstić information content (AvgIpc) is 3.38. The van der Waals surface area contributed by atoms with E-state index in [-0.39, 0.29) is 0 Å². The first-order valence-corrected chi connectivity index (χ1v) is 8.19. The van der Waals surface area contributed by atoms with Gasteiger partial charge in [0.2, 0.25) is 5.91 Å². The zero-order chi connectivity index (χ0) is 14.7. The van der Waals surface area contributed by atoms with Crippen LogP contribution in [0, 0.1) is 11.8 Å². The molecule has 1 N–H and O–H groups in total. The molecule has 1 amide bonds. The molecule has 1 saturated heterocycles. The Kier molecular flexibility index (Phi) is 4.54. The lowest BCUT2D eigenvalue weighted by molar-refractivity contribution is -0.134. The fourth-order valence-electron chi connectivity index (χ4n) is 3.25. The maximum Gasteiger partial charge on any atom is 0.225 e. The van der Waals surface area contributed by atoms with Crippen molar-refractivity contribution in [3.8, 4) is 0 Å². The highest BCUT2D eigenvalue weighted by atomic mass is 16.2. The maximum absolute atomic E-state index is 12.2. The zero-order valence-electron chi connectivity index (χ0n) is 12.8. The molecule has 0 radical (unpaired) electrons. The van der Waals surface area contributed by atoms with Gasteiger partial charge < -0.3 is 10.2 Å². The molecule has 1 aliphatic carbocycles. The molecule has 1 aromatic heterocycles. The number of likely N-dealkylation sites (tertiary alicyclic amines) is 1. The van der Waals surface area contributed by atoms with Gasteiger partial charge in [-0.25, -0.2) is 0 Å². The van der Waals surface area contributed by atoms with Crippen molar-refractivity contribution in [2.24, 2.45) is 11.8 Å². The summed E-state index contributed by atoms with van der Waals surface area (Å²) in [6.45, 7) is 4.94. The Balaban J connectivity index is 1.53. The van der Waals surface area contributed by atoms with Crippen LogP contribution in [0.3, 0.4) is 0 Å². The molecule has 2 heterocycles. The van der Waals surface area contributed by atoms with Crippen LogP contribution in [0.4, 0.5) is 0 Å². The standard InChI is InChI=1S/C17H25N3O/c1-2-14-12-20(17(21)15-5-6-15)9-7-16(14)19-11-13-4-3-8-18-10-13/h3-4,8,10,14-16,19H,2,5-7,9,11-12H2,1H3/t14-,16+/m1/s1. The summed E-state index contributed by atoms with van der Waals surface area (Å²) in [7, 11) is 0. The fourth-order valence-corrected chi connectivity index (χ4v) is 3.25. The van der Waals surface area contributed by atoms with Gasteiger partial charge in [0.15, 0.2) is 0 Å². The van der Waals surface area contributed by atoms with E-state index in [0.717, 1.165) is 45.3 Å². The second kappa shape index (κ2) is 6.56. The van der Waals surface area contributed by atoms with Gasteiger partial charge in [-0.05, 0) is 36.8 Å². The lowest BCUT2D eigenvalue weighted by atomic mass is 9.89. The molecular weight excluding hydrogens is 262 g/mol. The molecule has 0 spiro atoms. The summed E-state index contributed by atoms with van der Waals surface area (Å²) in [6.07, 6.45) is 8.13. The van der Waals surface area contributed by atoms with E-state index in [9.17, 15) is 4.79 Å². The third-order valence-corrected chi connectivity index (χ3v) is 4.79. The van der Waals surface area contributed by atoms with Crippen molar-refractivity contribution < 1.29 is 4.79 Å². The molecule has 0 bridgehead atoms. The molecule has 4 nitrogen and oxygen atoms in total. The van der Waals surface area contributed by atoms with E-state index in [1.807, 2.05) is 12.3 Å². The summed E-state index contributed by atoms with van der Waals surface area (Å²) in [6, 6.07) is 4.59. The van der Waals surface area contributed by atoms with Crippen molar-refractivity contribution in [2.75, 3.05) is 13.1 Å². The predicted molar refractivity (Wildman–Crippen MR) is 82.6 cm³/mol. The van der Waals surface area contributed by atoms with Gasteiger partial charge in [-0.15, -0.1) is 0 Å². The number of piperidine rings is 1. The number of hydrogen-bond acceptors (Lipinski definition) is 3. The smallest absolute Gasteiger partial charge is 0.225 e. The van der Waals surface area contributed by atoms with E-state index >= 15 is 0 Å². The van der Waals surface area contributed by atoms with E-state index in [2.05, 4.69) is 28.2 Å². The van der Waals surface area contributed by atoms with Gasteiger partial charge in [0.05, 0.1) is 0 Å². The highest BCUT2D eigenvalue weighted by molar-refractivity contribution is 5.81. The Morgan fingerprint density at radius 2 is 2.29 bits per heavy atom. The van der Waals surface area contributed by atoms with E-state index in [1.54, 1.807) is 6.20 Å². The topological polar surface area (TPSA) is 45.2 Å². The number of aromatic nitrogens is 1. The van der Waals surface area contributed by atoms with Crippen molar-refractivity contribution in [1.29, 1.82) is 0 Å². The van der Waals surface area contributed by atoms with E-state index in [0.29, 0.717) is 23.8 Å². The maximum atomic E-state index is 12.2. The van der Waals surface area contributed by atoms with Crippen molar-refractivity contribution in [2.45, 2.75) is 45.2 Å². The normalized spacial score (nSPS) is 25.9. The first-order chi connectivity index (χ1) is 10.3. The highest BCUT2D eigenvalue weighted by Crippen LogP contribution is 2.33. The van der Waals surface area contributed by atoms with Crippen molar-refractivity contribution in [1.82, 2.24) is 15.2 Å². The molecule has 3 rings (SSSR count). The summed E-state index contributed by atoms with van der Waals surface area (Å²) >= 11 is 0. The van der Waals surface area contributed by atoms with Crippen LogP contribution >= 0.6 is 0 Å². The first-order valence-electron chi connectivity index (χ1n) is 8.19. The number of nitrogens with one attached hydrogen (secondary N) is 1. The number of pyridine rings is 1. The Bertz CT molecular complexity index is 472. The highest BCUT2D eigenvalue weighted by Gasteiger charge is 2.37. The van der Waals surface area contributed by atoms with Gasteiger partial charge in [0.1, 0.15) is 0 Å². The Labute approximate surface area is 126 Å². The van der Waals surface area contributed by atoms with Crippen LogP contribution in [0.2, 0.25) is 0 Å². The predicted octanol–water partition coefficient (Wildman–Crippen LogP) is 2.21. The van der Waals surface area contributed by atoms with Crippen LogP contribution in [-0.4, -0.2) is 34.9 Å². The lowest BCUT2D eigenvalue weighted by Gasteiger charge is -2.39. The summed E-state index contributed by atoms with van der Waals surface area (Å²) in [5, 5.41) is 3.67. The van der Waals surface area contributed by atoms with Crippen molar-refractivity contribution in [3.63, 3.8) is 0 Å². The lowest BCUT2D eigenvalue weighted by Crippen LogP contribution is -2.51. The molecule has 114 valence electrons. The van der Waals surface area contributed by atoms with Crippen LogP contribution in [0.5, 0.6) is 0 Å². The van der Waals surface area contributed by atoms with Gasteiger partial charge in [-0.3, -0.25) is 9.78 Å². The summed E-state index contributed by atoms with van der Waals surface area (Å²) in [4.78, 5) is 18.5. The number of nitrogens with zero attached hydrogens (tertiary/aromatic N) is 2. The number of hydrogen-bond donors (Lipinski definition) is 1. The van der Waals surface area contributed by atoms with E-state index in [4.69, 9.17) is 0 Å². The molecular formula is C17H25N3O. The van der Waals surface area contributed by atoms with Gasteiger partial charge in [-0.1, -0.05) is 19.4 Å². The molecule has 2 fully saturated rings. The van der Waals surface area contributed by atoms with E-state index < -0.39 is 0 Å². The molecule has 0 unspecified atom stereocenters. The van der Waals surface area contributed by atoms with Gasteiger partial charge in [-0.2, -0.15) is 0 Å². The van der Waals surface area contributed by atoms with Crippen molar-refractivity contribution in [3.05, 3.63) is 30.1 Å². The molecule has 4 heteroatoms. The molecule has 2 atom stereocenters. The monoisotopic (exact) mass is 287 g/mol. The van der Waals surface area contributed by atoms with Crippen LogP contribution < -0.4 is 5.32 Å². The third kappa shape index (κ3) is 3.62. The quantitative estimate of drug-likeness (QED) is 0.903. The second-order valence-corrected chi connectivity index (χ2v) is 6.36.